The van der Waals surface area contributed by atoms with E-state index in [1.54, 1.807) is 12.1 Å². The van der Waals surface area contributed by atoms with Crippen molar-refractivity contribution in [3.05, 3.63) is 33.8 Å². The van der Waals surface area contributed by atoms with Crippen LogP contribution in [0.2, 0.25) is 10.0 Å². The zero-order valence-corrected chi connectivity index (χ0v) is 10.6. The third-order valence-corrected chi connectivity index (χ3v) is 4.14. The van der Waals surface area contributed by atoms with Crippen LogP contribution >= 0.6 is 23.2 Å². The summed E-state index contributed by atoms with van der Waals surface area (Å²) in [5.41, 5.74) is 0.376. The molecule has 1 nitrogen and oxygen atoms in total. The average molecular weight is 254 g/mol. The normalized spacial score (nSPS) is 28.2. The minimum absolute atomic E-state index is 0.448. The first kappa shape index (κ1) is 11.8. The first-order valence-electron chi connectivity index (χ1n) is 5.48. The second kappa shape index (κ2) is 4.28. The molecule has 0 atom stereocenters. The molecule has 0 unspecified atom stereocenters. The molecule has 1 aliphatic rings. The van der Waals surface area contributed by atoms with E-state index in [-0.39, 0.29) is 0 Å². The van der Waals surface area contributed by atoms with Gasteiger partial charge in [-0.15, -0.1) is 0 Å². The van der Waals surface area contributed by atoms with Crippen LogP contribution in [-0.4, -0.2) is 0 Å². The topological polar surface area (TPSA) is 23.8 Å². The molecule has 0 aromatic heterocycles. The molecule has 0 N–H and O–H groups in total. The molecule has 3 heteroatoms. The van der Waals surface area contributed by atoms with Gasteiger partial charge in [-0.25, -0.2) is 0 Å². The second-order valence-corrected chi connectivity index (χ2v) is 5.29. The van der Waals surface area contributed by atoms with Crippen molar-refractivity contribution in [2.45, 2.75) is 31.6 Å². The van der Waals surface area contributed by atoms with Crippen molar-refractivity contribution < 1.29 is 0 Å². The summed E-state index contributed by atoms with van der Waals surface area (Å²) in [4.78, 5) is 0. The summed E-state index contributed by atoms with van der Waals surface area (Å²) in [7, 11) is 0. The quantitative estimate of drug-likeness (QED) is 0.758. The number of nitrogens with zero attached hydrogens (tertiary/aromatic N) is 1. The van der Waals surface area contributed by atoms with E-state index in [9.17, 15) is 5.26 Å². The third kappa shape index (κ3) is 1.71. The highest BCUT2D eigenvalue weighted by Crippen LogP contribution is 2.52. The number of benzene rings is 1. The van der Waals surface area contributed by atoms with Crippen LogP contribution in [0.25, 0.3) is 0 Å². The van der Waals surface area contributed by atoms with Crippen molar-refractivity contribution in [1.82, 2.24) is 0 Å². The van der Waals surface area contributed by atoms with Gasteiger partial charge in [0.1, 0.15) is 0 Å². The molecule has 0 bridgehead atoms. The number of halogens is 2. The Morgan fingerprint density at radius 1 is 1.38 bits per heavy atom. The lowest BCUT2D eigenvalue weighted by Gasteiger charge is -2.43. The first-order valence-corrected chi connectivity index (χ1v) is 6.24. The molecule has 0 aliphatic heterocycles. The molecule has 1 fully saturated rings. The lowest BCUT2D eigenvalue weighted by atomic mass is 9.59. The van der Waals surface area contributed by atoms with Gasteiger partial charge in [-0.3, -0.25) is 0 Å². The molecule has 0 radical (unpaired) electrons. The molecule has 16 heavy (non-hydrogen) atoms. The van der Waals surface area contributed by atoms with E-state index in [1.165, 1.54) is 0 Å². The van der Waals surface area contributed by atoms with Crippen molar-refractivity contribution >= 4 is 23.2 Å². The fourth-order valence-electron chi connectivity index (χ4n) is 2.52. The Labute approximate surface area is 106 Å². The van der Waals surface area contributed by atoms with Crippen LogP contribution in [0, 0.1) is 17.2 Å². The predicted octanol–water partition coefficient (Wildman–Crippen LogP) is 4.57. The molecule has 0 spiro atoms. The Kier molecular flexibility index (Phi) is 3.15. The van der Waals surface area contributed by atoms with Gasteiger partial charge in [0.25, 0.3) is 0 Å². The highest BCUT2D eigenvalue weighted by atomic mass is 35.5. The monoisotopic (exact) mass is 253 g/mol. The lowest BCUT2D eigenvalue weighted by molar-refractivity contribution is 0.192. The van der Waals surface area contributed by atoms with Crippen LogP contribution in [0.1, 0.15) is 31.7 Å². The summed E-state index contributed by atoms with van der Waals surface area (Å²) >= 11 is 12.3. The van der Waals surface area contributed by atoms with Crippen molar-refractivity contribution in [3.63, 3.8) is 0 Å². The Bertz CT molecular complexity index is 421. The Morgan fingerprint density at radius 2 is 1.94 bits per heavy atom. The zero-order chi connectivity index (χ0) is 11.8. The van der Waals surface area contributed by atoms with E-state index in [1.807, 2.05) is 6.07 Å². The summed E-state index contributed by atoms with van der Waals surface area (Å²) in [5.74, 6) is 0.631. The fraction of sp³-hybridized carbons (Fsp3) is 0.462. The van der Waals surface area contributed by atoms with Gasteiger partial charge in [0.15, 0.2) is 0 Å². The summed E-state index contributed by atoms with van der Waals surface area (Å²) in [6.07, 6.45) is 2.87. The molecular weight excluding hydrogens is 241 g/mol. The minimum atomic E-state index is -0.448. The van der Waals surface area contributed by atoms with Crippen molar-refractivity contribution in [1.29, 1.82) is 5.26 Å². The highest BCUT2D eigenvalue weighted by Gasteiger charge is 2.47. The summed E-state index contributed by atoms with van der Waals surface area (Å²) in [6.45, 7) is 2.15. The molecule has 1 aromatic rings. The maximum Gasteiger partial charge on any atom is 0.0856 e. The lowest BCUT2D eigenvalue weighted by Crippen LogP contribution is -2.40. The van der Waals surface area contributed by atoms with Gasteiger partial charge in [-0.2, -0.15) is 5.26 Å². The van der Waals surface area contributed by atoms with Crippen LogP contribution in [0.5, 0.6) is 0 Å². The fourth-order valence-corrected chi connectivity index (χ4v) is 3.28. The van der Waals surface area contributed by atoms with Crippen LogP contribution < -0.4 is 0 Å². The molecule has 84 valence electrons. The highest BCUT2D eigenvalue weighted by molar-refractivity contribution is 6.36. The second-order valence-electron chi connectivity index (χ2n) is 4.47. The molecule has 0 saturated heterocycles. The van der Waals surface area contributed by atoms with Crippen molar-refractivity contribution in [2.24, 2.45) is 5.92 Å². The van der Waals surface area contributed by atoms with Gasteiger partial charge in [0.05, 0.1) is 11.5 Å². The van der Waals surface area contributed by atoms with Crippen LogP contribution in [0.15, 0.2) is 18.2 Å². The summed E-state index contributed by atoms with van der Waals surface area (Å²) in [5, 5.41) is 10.6. The van der Waals surface area contributed by atoms with Gasteiger partial charge < -0.3 is 0 Å². The van der Waals surface area contributed by atoms with Gasteiger partial charge in [0.2, 0.25) is 0 Å². The maximum absolute atomic E-state index is 9.38. The molecule has 0 amide bonds. The van der Waals surface area contributed by atoms with E-state index in [2.05, 4.69) is 13.0 Å². The van der Waals surface area contributed by atoms with Gasteiger partial charge >= 0.3 is 0 Å². The summed E-state index contributed by atoms with van der Waals surface area (Å²) in [6, 6.07) is 7.84. The van der Waals surface area contributed by atoms with Crippen molar-refractivity contribution in [2.75, 3.05) is 0 Å². The minimum Gasteiger partial charge on any atom is -0.197 e. The third-order valence-electron chi connectivity index (χ3n) is 3.51. The van der Waals surface area contributed by atoms with Crippen molar-refractivity contribution in [3.8, 4) is 6.07 Å². The first-order chi connectivity index (χ1) is 7.63. The van der Waals surface area contributed by atoms with Crippen LogP contribution in [-0.2, 0) is 5.41 Å². The van der Waals surface area contributed by atoms with E-state index in [0.29, 0.717) is 16.0 Å². The van der Waals surface area contributed by atoms with E-state index >= 15 is 0 Å². The molecule has 0 heterocycles. The predicted molar refractivity (Wildman–Crippen MR) is 66.8 cm³/mol. The summed E-state index contributed by atoms with van der Waals surface area (Å²) < 4.78 is 0. The smallest absolute Gasteiger partial charge is 0.0856 e. The van der Waals surface area contributed by atoms with Gasteiger partial charge in [-0.1, -0.05) is 42.6 Å². The number of nitriles is 1. The molecule has 2 rings (SSSR count). The molecular formula is C13H13Cl2N. The Morgan fingerprint density at radius 3 is 2.38 bits per heavy atom. The van der Waals surface area contributed by atoms with Gasteiger partial charge in [0, 0.05) is 15.6 Å². The zero-order valence-electron chi connectivity index (χ0n) is 9.13. The SMILES string of the molecule is CCC1CC(C#N)(c2c(Cl)cccc2Cl)C1. The van der Waals surface area contributed by atoms with E-state index < -0.39 is 5.41 Å². The molecule has 1 aromatic carbocycles. The number of hydrogen-bond acceptors (Lipinski definition) is 1. The van der Waals surface area contributed by atoms with E-state index in [0.717, 1.165) is 24.8 Å². The van der Waals surface area contributed by atoms with Crippen LogP contribution in [0.4, 0.5) is 0 Å². The van der Waals surface area contributed by atoms with Crippen LogP contribution in [0.3, 0.4) is 0 Å². The largest absolute Gasteiger partial charge is 0.197 e. The Hall–Kier alpha value is -0.710. The number of hydrogen-bond donors (Lipinski definition) is 0. The molecule has 1 saturated carbocycles. The Balaban J connectivity index is 2.41. The van der Waals surface area contributed by atoms with Gasteiger partial charge in [-0.05, 0) is 30.9 Å². The standard InChI is InChI=1S/C13H13Cl2N/c1-2-9-6-13(7-9,8-16)12-10(14)4-3-5-11(12)15/h3-5,9H,2,6-7H2,1H3. The average Bonchev–Trinajstić information content (AvgIpc) is 2.21. The molecule has 1 aliphatic carbocycles. The maximum atomic E-state index is 9.38. The number of rotatable bonds is 2. The van der Waals surface area contributed by atoms with E-state index in [4.69, 9.17) is 23.2 Å².